The molecule has 4 atom stereocenters. The SMILES string of the molecule is C[C@H]1OC[C@]2(c3cc(NC(=O)c4cnc(C(F)F)cn4)ccc3F)N=C(N)OC(C(F)(F)F)[C@H]12. The highest BCUT2D eigenvalue weighted by molar-refractivity contribution is 6.02. The summed E-state index contributed by atoms with van der Waals surface area (Å²) in [6.07, 6.45) is -9.56. The molecule has 1 aromatic carbocycles. The van der Waals surface area contributed by atoms with Gasteiger partial charge in [0.1, 0.15) is 22.7 Å². The summed E-state index contributed by atoms with van der Waals surface area (Å²) in [6, 6.07) is 2.43. The first-order valence-corrected chi connectivity index (χ1v) is 9.84. The number of amides is 1. The summed E-state index contributed by atoms with van der Waals surface area (Å²) in [7, 11) is 0. The molecule has 3 N–H and O–H groups in total. The van der Waals surface area contributed by atoms with Gasteiger partial charge in [-0.15, -0.1) is 0 Å². The van der Waals surface area contributed by atoms with Crippen LogP contribution < -0.4 is 11.1 Å². The van der Waals surface area contributed by atoms with E-state index in [-0.39, 0.29) is 16.9 Å². The van der Waals surface area contributed by atoms with Crippen molar-refractivity contribution >= 4 is 17.6 Å². The second-order valence-corrected chi connectivity index (χ2v) is 7.77. The molecular formula is C20H17F6N5O3. The van der Waals surface area contributed by atoms with Gasteiger partial charge in [0, 0.05) is 11.3 Å². The van der Waals surface area contributed by atoms with E-state index in [1.165, 1.54) is 6.92 Å². The smallest absolute Gasteiger partial charge is 0.426 e. The fourth-order valence-electron chi connectivity index (χ4n) is 4.16. The van der Waals surface area contributed by atoms with Gasteiger partial charge < -0.3 is 20.5 Å². The predicted octanol–water partition coefficient (Wildman–Crippen LogP) is 3.31. The number of rotatable bonds is 4. The number of carbonyl (C=O) groups is 1. The zero-order valence-electron chi connectivity index (χ0n) is 17.3. The molecule has 1 amide bonds. The van der Waals surface area contributed by atoms with Gasteiger partial charge in [-0.05, 0) is 25.1 Å². The lowest BCUT2D eigenvalue weighted by molar-refractivity contribution is -0.226. The standard InChI is InChI=1S/C20H17F6N5O3/c1-8-14-15(20(24,25)26)34-18(27)31-19(14,7-33-8)10-4-9(2-3-11(10)21)30-17(32)13-6-28-12(5-29-13)16(22)23/h2-6,8,14-16H,7H2,1H3,(H2,27,31)(H,30,32)/t8-,14+,15?,19-/m1/s1. The molecule has 0 radical (unpaired) electrons. The number of benzene rings is 1. The average Bonchev–Trinajstić information content (AvgIpc) is 3.10. The minimum absolute atomic E-state index is 0.0161. The van der Waals surface area contributed by atoms with E-state index in [1.54, 1.807) is 0 Å². The van der Waals surface area contributed by atoms with Crippen molar-refractivity contribution in [2.45, 2.75) is 37.3 Å². The fraction of sp³-hybridized carbons (Fsp3) is 0.400. The highest BCUT2D eigenvalue weighted by Gasteiger charge is 2.64. The Hall–Kier alpha value is -3.42. The molecule has 14 heteroatoms. The Morgan fingerprint density at radius 1 is 1.26 bits per heavy atom. The maximum Gasteiger partial charge on any atom is 0.426 e. The Balaban J connectivity index is 1.70. The third-order valence-corrected chi connectivity index (χ3v) is 5.65. The van der Waals surface area contributed by atoms with Gasteiger partial charge in [0.25, 0.3) is 18.4 Å². The summed E-state index contributed by atoms with van der Waals surface area (Å²) in [5.41, 5.74) is 2.42. The Bertz CT molecular complexity index is 1130. The molecule has 1 saturated heterocycles. The minimum atomic E-state index is -4.84. The molecule has 3 heterocycles. The van der Waals surface area contributed by atoms with Gasteiger partial charge in [-0.1, -0.05) is 0 Å². The first kappa shape index (κ1) is 23.7. The Kier molecular flexibility index (Phi) is 5.87. The van der Waals surface area contributed by atoms with Crippen molar-refractivity contribution in [3.63, 3.8) is 0 Å². The van der Waals surface area contributed by atoms with Crippen LogP contribution in [0.3, 0.4) is 0 Å². The van der Waals surface area contributed by atoms with E-state index < -0.39 is 66.3 Å². The number of nitrogens with one attached hydrogen (secondary N) is 1. The molecule has 2 aliphatic heterocycles. The van der Waals surface area contributed by atoms with E-state index in [4.69, 9.17) is 15.2 Å². The van der Waals surface area contributed by atoms with Crippen molar-refractivity contribution in [1.29, 1.82) is 0 Å². The lowest BCUT2D eigenvalue weighted by Crippen LogP contribution is -2.55. The topological polar surface area (TPSA) is 112 Å². The lowest BCUT2D eigenvalue weighted by Gasteiger charge is -2.41. The molecule has 34 heavy (non-hydrogen) atoms. The number of halogens is 6. The maximum absolute atomic E-state index is 15.0. The van der Waals surface area contributed by atoms with Crippen molar-refractivity contribution in [3.05, 3.63) is 53.4 Å². The van der Waals surface area contributed by atoms with Crippen molar-refractivity contribution < 1.29 is 40.6 Å². The molecule has 1 fully saturated rings. The Morgan fingerprint density at radius 2 is 2.00 bits per heavy atom. The highest BCUT2D eigenvalue weighted by Crippen LogP contribution is 2.51. The van der Waals surface area contributed by atoms with Crippen LogP contribution in [0.25, 0.3) is 0 Å². The van der Waals surface area contributed by atoms with Crippen LogP contribution in [-0.2, 0) is 15.0 Å². The molecule has 1 unspecified atom stereocenters. The maximum atomic E-state index is 15.0. The molecule has 2 aromatic rings. The Labute approximate surface area is 188 Å². The summed E-state index contributed by atoms with van der Waals surface area (Å²) in [5.74, 6) is -3.23. The van der Waals surface area contributed by atoms with Gasteiger partial charge in [0.15, 0.2) is 0 Å². The number of nitrogens with zero attached hydrogens (tertiary/aromatic N) is 3. The molecule has 0 spiro atoms. The first-order chi connectivity index (χ1) is 15.9. The number of ether oxygens (including phenoxy) is 2. The number of nitrogens with two attached hydrogens (primary N) is 1. The summed E-state index contributed by atoms with van der Waals surface area (Å²) in [6.45, 7) is 0.973. The van der Waals surface area contributed by atoms with Crippen molar-refractivity contribution in [2.75, 3.05) is 11.9 Å². The number of alkyl halides is 5. The minimum Gasteiger partial charge on any atom is -0.452 e. The van der Waals surface area contributed by atoms with Crippen LogP contribution in [0.5, 0.6) is 0 Å². The predicted molar refractivity (Wildman–Crippen MR) is 104 cm³/mol. The summed E-state index contributed by atoms with van der Waals surface area (Å²) < 4.78 is 91.6. The van der Waals surface area contributed by atoms with E-state index in [0.29, 0.717) is 0 Å². The van der Waals surface area contributed by atoms with Gasteiger partial charge in [0.2, 0.25) is 6.10 Å². The van der Waals surface area contributed by atoms with Crippen molar-refractivity contribution in [1.82, 2.24) is 9.97 Å². The van der Waals surface area contributed by atoms with E-state index in [9.17, 15) is 31.1 Å². The number of hydrogen-bond acceptors (Lipinski definition) is 7. The van der Waals surface area contributed by atoms with Gasteiger partial charge in [0.05, 0.1) is 31.0 Å². The molecular weight excluding hydrogens is 472 g/mol. The molecule has 0 bridgehead atoms. The van der Waals surface area contributed by atoms with Crippen LogP contribution in [0.2, 0.25) is 0 Å². The van der Waals surface area contributed by atoms with Gasteiger partial charge >= 0.3 is 6.18 Å². The Morgan fingerprint density at radius 3 is 2.62 bits per heavy atom. The molecule has 182 valence electrons. The van der Waals surface area contributed by atoms with Crippen LogP contribution in [0.15, 0.2) is 35.6 Å². The zero-order valence-corrected chi connectivity index (χ0v) is 17.3. The molecule has 0 aliphatic carbocycles. The summed E-state index contributed by atoms with van der Waals surface area (Å²) in [4.78, 5) is 23.5. The van der Waals surface area contributed by atoms with Gasteiger partial charge in [-0.3, -0.25) is 9.78 Å². The number of carbonyl (C=O) groups excluding carboxylic acids is 1. The average molecular weight is 489 g/mol. The van der Waals surface area contributed by atoms with Crippen LogP contribution in [0, 0.1) is 11.7 Å². The zero-order chi connectivity index (χ0) is 24.8. The lowest BCUT2D eigenvalue weighted by atomic mass is 9.74. The number of anilines is 1. The first-order valence-electron chi connectivity index (χ1n) is 9.84. The number of amidine groups is 1. The number of aromatic nitrogens is 2. The second kappa shape index (κ2) is 8.42. The molecule has 8 nitrogen and oxygen atoms in total. The number of aliphatic imine (C=N–C) groups is 1. The van der Waals surface area contributed by atoms with Crippen LogP contribution in [-0.4, -0.2) is 46.9 Å². The van der Waals surface area contributed by atoms with E-state index in [0.717, 1.165) is 30.6 Å². The number of fused-ring (bicyclic) bond motifs is 1. The van der Waals surface area contributed by atoms with Crippen molar-refractivity contribution in [3.8, 4) is 0 Å². The monoisotopic (exact) mass is 489 g/mol. The normalized spacial score (nSPS) is 26.6. The summed E-state index contributed by atoms with van der Waals surface area (Å²) >= 11 is 0. The van der Waals surface area contributed by atoms with Crippen LogP contribution in [0.4, 0.5) is 32.0 Å². The van der Waals surface area contributed by atoms with E-state index in [1.807, 2.05) is 0 Å². The van der Waals surface area contributed by atoms with Crippen molar-refractivity contribution in [2.24, 2.45) is 16.6 Å². The number of hydrogen-bond donors (Lipinski definition) is 2. The molecule has 2 aliphatic rings. The highest BCUT2D eigenvalue weighted by atomic mass is 19.4. The molecule has 1 aromatic heterocycles. The second-order valence-electron chi connectivity index (χ2n) is 7.77. The van der Waals surface area contributed by atoms with Crippen LogP contribution in [0.1, 0.15) is 35.1 Å². The third-order valence-electron chi connectivity index (χ3n) is 5.65. The third kappa shape index (κ3) is 4.13. The quantitative estimate of drug-likeness (QED) is 0.638. The summed E-state index contributed by atoms with van der Waals surface area (Å²) in [5, 5.41) is 2.38. The van der Waals surface area contributed by atoms with Gasteiger partial charge in [-0.25, -0.2) is 23.1 Å². The van der Waals surface area contributed by atoms with E-state index in [2.05, 4.69) is 20.3 Å². The largest absolute Gasteiger partial charge is 0.452 e. The fourth-order valence-corrected chi connectivity index (χ4v) is 4.16. The molecule has 0 saturated carbocycles. The van der Waals surface area contributed by atoms with Crippen LogP contribution >= 0.6 is 0 Å². The van der Waals surface area contributed by atoms with Gasteiger partial charge in [-0.2, -0.15) is 13.2 Å². The molecule has 4 rings (SSSR count). The van der Waals surface area contributed by atoms with E-state index >= 15 is 0 Å².